The number of ether oxygens (including phenoxy) is 1. The number of nitrogens with one attached hydrogen (secondary N) is 2. The first-order chi connectivity index (χ1) is 9.58. The fourth-order valence-electron chi connectivity index (χ4n) is 1.73. The van der Waals surface area contributed by atoms with Crippen LogP contribution in [0.1, 0.15) is 11.1 Å². The van der Waals surface area contributed by atoms with Crippen LogP contribution in [-0.4, -0.2) is 18.1 Å². The van der Waals surface area contributed by atoms with E-state index >= 15 is 0 Å². The average molecular weight is 271 g/mol. The number of carbonyl (C=O) groups is 1. The summed E-state index contributed by atoms with van der Waals surface area (Å²) in [6, 6.07) is 8.86. The summed E-state index contributed by atoms with van der Waals surface area (Å²) in [4.78, 5) is 16.0. The summed E-state index contributed by atoms with van der Waals surface area (Å²) in [5.41, 5.74) is 2.70. The van der Waals surface area contributed by atoms with E-state index in [4.69, 9.17) is 4.74 Å². The Bertz CT molecular complexity index is 609. The highest BCUT2D eigenvalue weighted by molar-refractivity contribution is 6.00. The van der Waals surface area contributed by atoms with Crippen LogP contribution in [0.25, 0.3) is 0 Å². The third-order valence-electron chi connectivity index (χ3n) is 2.76. The largest absolute Gasteiger partial charge is 0.495 e. The maximum absolute atomic E-state index is 11.9. The maximum atomic E-state index is 11.9. The molecular formula is C15H17N3O2. The van der Waals surface area contributed by atoms with Crippen molar-refractivity contribution in [3.8, 4) is 5.75 Å². The van der Waals surface area contributed by atoms with Crippen LogP contribution in [0.5, 0.6) is 5.75 Å². The van der Waals surface area contributed by atoms with Crippen molar-refractivity contribution in [2.24, 2.45) is 0 Å². The topological polar surface area (TPSA) is 63.2 Å². The molecule has 0 saturated carbocycles. The van der Waals surface area contributed by atoms with E-state index in [1.165, 1.54) is 0 Å². The molecule has 20 heavy (non-hydrogen) atoms. The van der Waals surface area contributed by atoms with E-state index in [1.807, 2.05) is 38.1 Å². The van der Waals surface area contributed by atoms with Gasteiger partial charge >= 0.3 is 6.03 Å². The van der Waals surface area contributed by atoms with Gasteiger partial charge in [-0.3, -0.25) is 5.32 Å². The lowest BCUT2D eigenvalue weighted by Crippen LogP contribution is -2.20. The monoisotopic (exact) mass is 271 g/mol. The molecule has 0 unspecified atom stereocenters. The van der Waals surface area contributed by atoms with Crippen LogP contribution in [0.3, 0.4) is 0 Å². The van der Waals surface area contributed by atoms with E-state index in [0.29, 0.717) is 17.3 Å². The lowest BCUT2D eigenvalue weighted by molar-refractivity contribution is 0.262. The molecule has 2 amide bonds. The molecule has 2 aromatic rings. The quantitative estimate of drug-likeness (QED) is 0.899. The Morgan fingerprint density at radius 1 is 1.10 bits per heavy atom. The predicted molar refractivity (Wildman–Crippen MR) is 79.3 cm³/mol. The first-order valence-corrected chi connectivity index (χ1v) is 6.24. The highest BCUT2D eigenvalue weighted by Crippen LogP contribution is 2.25. The van der Waals surface area contributed by atoms with Crippen LogP contribution in [-0.2, 0) is 0 Å². The number of anilines is 2. The van der Waals surface area contributed by atoms with E-state index in [2.05, 4.69) is 15.6 Å². The number of nitrogens with zero attached hydrogens (tertiary/aromatic N) is 1. The number of rotatable bonds is 3. The van der Waals surface area contributed by atoms with Crippen molar-refractivity contribution < 1.29 is 9.53 Å². The van der Waals surface area contributed by atoms with Gasteiger partial charge in [-0.15, -0.1) is 0 Å². The van der Waals surface area contributed by atoms with Gasteiger partial charge in [-0.05, 0) is 43.2 Å². The highest BCUT2D eigenvalue weighted by atomic mass is 16.5. The van der Waals surface area contributed by atoms with Crippen molar-refractivity contribution in [3.05, 3.63) is 47.7 Å². The summed E-state index contributed by atoms with van der Waals surface area (Å²) in [7, 11) is 1.56. The minimum atomic E-state index is -0.356. The molecule has 2 rings (SSSR count). The molecule has 0 bridgehead atoms. The molecule has 1 aromatic carbocycles. The summed E-state index contributed by atoms with van der Waals surface area (Å²) in [6.45, 7) is 3.89. The Morgan fingerprint density at radius 3 is 2.50 bits per heavy atom. The zero-order chi connectivity index (χ0) is 14.5. The molecule has 0 atom stereocenters. The molecule has 0 spiro atoms. The predicted octanol–water partition coefficient (Wildman–Crippen LogP) is 3.35. The number of aryl methyl sites for hydroxylation is 2. The standard InChI is InChI=1S/C15H17N3O2/c1-10-4-6-13(20-3)12(8-10)17-15(19)18-14-7-5-11(2)9-16-14/h4-9H,1-3H3,(H2,16,17,18,19). The molecule has 0 radical (unpaired) electrons. The first-order valence-electron chi connectivity index (χ1n) is 6.24. The normalized spacial score (nSPS) is 9.95. The first kappa shape index (κ1) is 13.9. The second-order valence-electron chi connectivity index (χ2n) is 4.50. The second-order valence-corrected chi connectivity index (χ2v) is 4.50. The molecule has 0 fully saturated rings. The molecule has 1 aromatic heterocycles. The molecule has 5 nitrogen and oxygen atoms in total. The minimum absolute atomic E-state index is 0.356. The number of methoxy groups -OCH3 is 1. The Balaban J connectivity index is 2.08. The van der Waals surface area contributed by atoms with Crippen molar-refractivity contribution in [2.45, 2.75) is 13.8 Å². The number of hydrogen-bond donors (Lipinski definition) is 2. The van der Waals surface area contributed by atoms with Gasteiger partial charge < -0.3 is 10.1 Å². The van der Waals surface area contributed by atoms with Crippen LogP contribution >= 0.6 is 0 Å². The lowest BCUT2D eigenvalue weighted by atomic mass is 10.2. The number of carbonyl (C=O) groups excluding carboxylic acids is 1. The molecule has 1 heterocycles. The van der Waals surface area contributed by atoms with Crippen LogP contribution < -0.4 is 15.4 Å². The van der Waals surface area contributed by atoms with Crippen molar-refractivity contribution in [2.75, 3.05) is 17.7 Å². The van der Waals surface area contributed by atoms with Gasteiger partial charge in [0.15, 0.2) is 0 Å². The van der Waals surface area contributed by atoms with Gasteiger partial charge in [-0.25, -0.2) is 9.78 Å². The van der Waals surface area contributed by atoms with E-state index in [9.17, 15) is 4.79 Å². The van der Waals surface area contributed by atoms with Crippen molar-refractivity contribution in [3.63, 3.8) is 0 Å². The number of benzene rings is 1. The molecular weight excluding hydrogens is 254 g/mol. The molecule has 104 valence electrons. The fraction of sp³-hybridized carbons (Fsp3) is 0.200. The minimum Gasteiger partial charge on any atom is -0.495 e. The van der Waals surface area contributed by atoms with Gasteiger partial charge in [0.1, 0.15) is 11.6 Å². The lowest BCUT2D eigenvalue weighted by Gasteiger charge is -2.11. The Morgan fingerprint density at radius 2 is 1.85 bits per heavy atom. The average Bonchev–Trinajstić information content (AvgIpc) is 2.41. The molecule has 0 aliphatic rings. The Hall–Kier alpha value is -2.56. The number of amides is 2. The molecule has 0 aliphatic heterocycles. The van der Waals surface area contributed by atoms with Crippen LogP contribution in [0, 0.1) is 13.8 Å². The Kier molecular flexibility index (Phi) is 4.20. The number of pyridine rings is 1. The summed E-state index contributed by atoms with van der Waals surface area (Å²) >= 11 is 0. The summed E-state index contributed by atoms with van der Waals surface area (Å²) in [6.07, 6.45) is 1.70. The summed E-state index contributed by atoms with van der Waals surface area (Å²) in [5.74, 6) is 1.11. The van der Waals surface area contributed by atoms with Gasteiger partial charge in [0.2, 0.25) is 0 Å². The molecule has 0 aliphatic carbocycles. The third kappa shape index (κ3) is 3.47. The SMILES string of the molecule is COc1ccc(C)cc1NC(=O)Nc1ccc(C)cn1. The molecule has 0 saturated heterocycles. The van der Waals surface area contributed by atoms with Crippen molar-refractivity contribution in [1.29, 1.82) is 0 Å². The smallest absolute Gasteiger partial charge is 0.324 e. The summed E-state index contributed by atoms with van der Waals surface area (Å²) in [5, 5.41) is 5.42. The third-order valence-corrected chi connectivity index (χ3v) is 2.76. The fourth-order valence-corrected chi connectivity index (χ4v) is 1.73. The van der Waals surface area contributed by atoms with E-state index < -0.39 is 0 Å². The maximum Gasteiger partial charge on any atom is 0.324 e. The zero-order valence-electron chi connectivity index (χ0n) is 11.7. The number of aromatic nitrogens is 1. The number of urea groups is 1. The van der Waals surface area contributed by atoms with Crippen LogP contribution in [0.15, 0.2) is 36.5 Å². The molecule has 2 N–H and O–H groups in total. The number of hydrogen-bond acceptors (Lipinski definition) is 3. The van der Waals surface area contributed by atoms with Gasteiger partial charge in [0.05, 0.1) is 12.8 Å². The van der Waals surface area contributed by atoms with Crippen molar-refractivity contribution >= 4 is 17.5 Å². The van der Waals surface area contributed by atoms with E-state index in [-0.39, 0.29) is 6.03 Å². The highest BCUT2D eigenvalue weighted by Gasteiger charge is 2.08. The second kappa shape index (κ2) is 6.06. The van der Waals surface area contributed by atoms with Crippen molar-refractivity contribution in [1.82, 2.24) is 4.98 Å². The van der Waals surface area contributed by atoms with E-state index in [1.54, 1.807) is 19.4 Å². The van der Waals surface area contributed by atoms with Gasteiger partial charge in [0, 0.05) is 6.20 Å². The van der Waals surface area contributed by atoms with Gasteiger partial charge in [0.25, 0.3) is 0 Å². The van der Waals surface area contributed by atoms with E-state index in [0.717, 1.165) is 11.1 Å². The zero-order valence-corrected chi connectivity index (χ0v) is 11.7. The Labute approximate surface area is 118 Å². The molecule has 5 heteroatoms. The van der Waals surface area contributed by atoms with Gasteiger partial charge in [-0.1, -0.05) is 12.1 Å². The van der Waals surface area contributed by atoms with Crippen LogP contribution in [0.4, 0.5) is 16.3 Å². The van der Waals surface area contributed by atoms with Crippen LogP contribution in [0.2, 0.25) is 0 Å². The van der Waals surface area contributed by atoms with Gasteiger partial charge in [-0.2, -0.15) is 0 Å². The summed E-state index contributed by atoms with van der Waals surface area (Å²) < 4.78 is 5.21.